The molecule has 0 amide bonds. The highest BCUT2D eigenvalue weighted by atomic mass is 35.5. The molecule has 0 saturated carbocycles. The van der Waals surface area contributed by atoms with Crippen LogP contribution in [0.15, 0.2) is 12.1 Å². The van der Waals surface area contributed by atoms with Crippen LogP contribution >= 0.6 is 23.2 Å². The zero-order chi connectivity index (χ0) is 13.1. The van der Waals surface area contributed by atoms with Crippen LogP contribution in [0.4, 0.5) is 11.4 Å². The van der Waals surface area contributed by atoms with Gasteiger partial charge in [-0.25, -0.2) is 0 Å². The largest absolute Gasteiger partial charge is 0.399 e. The molecule has 1 aliphatic heterocycles. The van der Waals surface area contributed by atoms with E-state index in [0.717, 1.165) is 24.7 Å². The Kier molecular flexibility index (Phi) is 4.63. The number of nitrogens with zero attached hydrogens (tertiary/aromatic N) is 1. The second kappa shape index (κ2) is 6.03. The molecule has 0 spiro atoms. The molecule has 1 heterocycles. The number of hydrogen-bond acceptors (Lipinski definition) is 2. The van der Waals surface area contributed by atoms with Gasteiger partial charge in [0.05, 0.1) is 15.7 Å². The first-order valence-electron chi connectivity index (χ1n) is 6.61. The number of nitrogen functional groups attached to an aromatic ring is 1. The van der Waals surface area contributed by atoms with E-state index in [1.165, 1.54) is 25.7 Å². The normalized spacial score (nSPS) is 17.2. The topological polar surface area (TPSA) is 29.3 Å². The third-order valence-electron chi connectivity index (χ3n) is 3.67. The molecule has 100 valence electrons. The van der Waals surface area contributed by atoms with Crippen molar-refractivity contribution in [1.82, 2.24) is 0 Å². The van der Waals surface area contributed by atoms with Gasteiger partial charge in [0, 0.05) is 18.8 Å². The van der Waals surface area contributed by atoms with E-state index in [-0.39, 0.29) is 0 Å². The minimum Gasteiger partial charge on any atom is -0.399 e. The van der Waals surface area contributed by atoms with Crippen LogP contribution in [0.2, 0.25) is 10.0 Å². The number of rotatable bonds is 3. The lowest BCUT2D eigenvalue weighted by molar-refractivity contribution is 0.378. The second-order valence-corrected chi connectivity index (χ2v) is 5.87. The quantitative estimate of drug-likeness (QED) is 0.824. The molecule has 2 rings (SSSR count). The first-order chi connectivity index (χ1) is 8.61. The number of halogens is 2. The summed E-state index contributed by atoms with van der Waals surface area (Å²) in [5, 5.41) is 1.32. The first kappa shape index (κ1) is 13.8. The summed E-state index contributed by atoms with van der Waals surface area (Å²) in [4.78, 5) is 2.29. The van der Waals surface area contributed by atoms with Gasteiger partial charge >= 0.3 is 0 Å². The molecule has 2 nitrogen and oxygen atoms in total. The van der Waals surface area contributed by atoms with Crippen LogP contribution < -0.4 is 10.6 Å². The van der Waals surface area contributed by atoms with E-state index in [0.29, 0.717) is 15.7 Å². The summed E-state index contributed by atoms with van der Waals surface area (Å²) in [6, 6.07) is 3.56. The average molecular weight is 287 g/mol. The summed E-state index contributed by atoms with van der Waals surface area (Å²) in [6.45, 7) is 4.32. The molecule has 0 unspecified atom stereocenters. The summed E-state index contributed by atoms with van der Waals surface area (Å²) in [5.41, 5.74) is 7.30. The Morgan fingerprint density at radius 3 is 2.28 bits per heavy atom. The Morgan fingerprint density at radius 1 is 1.22 bits per heavy atom. The predicted octanol–water partition coefficient (Wildman–Crippen LogP) is 4.59. The van der Waals surface area contributed by atoms with Crippen LogP contribution in [-0.4, -0.2) is 13.1 Å². The van der Waals surface area contributed by atoms with Gasteiger partial charge < -0.3 is 10.6 Å². The van der Waals surface area contributed by atoms with E-state index in [1.807, 2.05) is 0 Å². The standard InChI is InChI=1S/C14H20Cl2N2/c1-2-3-10-4-6-18(7-5-10)14-12(15)8-11(17)9-13(14)16/h8-10H,2-7,17H2,1H3. The summed E-state index contributed by atoms with van der Waals surface area (Å²) in [6.07, 6.45) is 5.06. The SMILES string of the molecule is CCCC1CCN(c2c(Cl)cc(N)cc2Cl)CC1. The van der Waals surface area contributed by atoms with Crippen LogP contribution in [0.1, 0.15) is 32.6 Å². The number of hydrogen-bond donors (Lipinski definition) is 1. The van der Waals surface area contributed by atoms with Crippen molar-refractivity contribution >= 4 is 34.6 Å². The smallest absolute Gasteiger partial charge is 0.0746 e. The molecule has 0 radical (unpaired) electrons. The molecule has 1 fully saturated rings. The van der Waals surface area contributed by atoms with Crippen molar-refractivity contribution in [2.24, 2.45) is 5.92 Å². The lowest BCUT2D eigenvalue weighted by Gasteiger charge is -2.34. The van der Waals surface area contributed by atoms with Crippen molar-refractivity contribution in [2.45, 2.75) is 32.6 Å². The molecule has 1 aliphatic rings. The van der Waals surface area contributed by atoms with Gasteiger partial charge in [-0.05, 0) is 30.9 Å². The molecule has 1 aromatic carbocycles. The summed E-state index contributed by atoms with van der Waals surface area (Å²) in [7, 11) is 0. The second-order valence-electron chi connectivity index (χ2n) is 5.05. The van der Waals surface area contributed by atoms with Crippen molar-refractivity contribution in [3.63, 3.8) is 0 Å². The monoisotopic (exact) mass is 286 g/mol. The van der Waals surface area contributed by atoms with Gasteiger partial charge in [0.25, 0.3) is 0 Å². The number of benzene rings is 1. The summed E-state index contributed by atoms with van der Waals surface area (Å²) < 4.78 is 0. The highest BCUT2D eigenvalue weighted by Crippen LogP contribution is 2.38. The Balaban J connectivity index is 2.10. The Morgan fingerprint density at radius 2 is 1.78 bits per heavy atom. The van der Waals surface area contributed by atoms with E-state index in [4.69, 9.17) is 28.9 Å². The van der Waals surface area contributed by atoms with Gasteiger partial charge in [0.2, 0.25) is 0 Å². The van der Waals surface area contributed by atoms with Gasteiger partial charge in [-0.1, -0.05) is 43.0 Å². The molecule has 2 N–H and O–H groups in total. The van der Waals surface area contributed by atoms with Gasteiger partial charge in [-0.2, -0.15) is 0 Å². The molecule has 1 aromatic rings. The lowest BCUT2D eigenvalue weighted by Crippen LogP contribution is -2.34. The van der Waals surface area contributed by atoms with E-state index >= 15 is 0 Å². The van der Waals surface area contributed by atoms with Crippen LogP contribution in [0.3, 0.4) is 0 Å². The minimum atomic E-state index is 0.620. The number of anilines is 2. The Hall–Kier alpha value is -0.600. The van der Waals surface area contributed by atoms with E-state index in [2.05, 4.69) is 11.8 Å². The number of nitrogens with two attached hydrogens (primary N) is 1. The maximum Gasteiger partial charge on any atom is 0.0746 e. The molecule has 0 atom stereocenters. The average Bonchev–Trinajstić information content (AvgIpc) is 2.30. The fraction of sp³-hybridized carbons (Fsp3) is 0.571. The van der Waals surface area contributed by atoms with Crippen molar-refractivity contribution < 1.29 is 0 Å². The van der Waals surface area contributed by atoms with Gasteiger partial charge in [-0.15, -0.1) is 0 Å². The molecule has 1 saturated heterocycles. The summed E-state index contributed by atoms with van der Waals surface area (Å²) >= 11 is 12.5. The highest BCUT2D eigenvalue weighted by Gasteiger charge is 2.22. The minimum absolute atomic E-state index is 0.620. The van der Waals surface area contributed by atoms with Gasteiger partial charge in [-0.3, -0.25) is 0 Å². The van der Waals surface area contributed by atoms with Gasteiger partial charge in [0.15, 0.2) is 0 Å². The Bertz CT molecular complexity index is 389. The van der Waals surface area contributed by atoms with Crippen LogP contribution in [0, 0.1) is 5.92 Å². The summed E-state index contributed by atoms with van der Waals surface area (Å²) in [5.74, 6) is 0.859. The molecule has 0 aromatic heterocycles. The molecule has 0 bridgehead atoms. The van der Waals surface area contributed by atoms with Crippen LogP contribution in [0.25, 0.3) is 0 Å². The maximum atomic E-state index is 6.26. The van der Waals surface area contributed by atoms with Crippen molar-refractivity contribution in [1.29, 1.82) is 0 Å². The zero-order valence-corrected chi connectivity index (χ0v) is 12.3. The highest BCUT2D eigenvalue weighted by molar-refractivity contribution is 6.39. The predicted molar refractivity (Wildman–Crippen MR) is 80.7 cm³/mol. The maximum absolute atomic E-state index is 6.26. The van der Waals surface area contributed by atoms with E-state index in [1.54, 1.807) is 12.1 Å². The fourth-order valence-corrected chi connectivity index (χ4v) is 3.48. The first-order valence-corrected chi connectivity index (χ1v) is 7.37. The lowest BCUT2D eigenvalue weighted by atomic mass is 9.92. The zero-order valence-electron chi connectivity index (χ0n) is 10.8. The molecular weight excluding hydrogens is 267 g/mol. The van der Waals surface area contributed by atoms with Crippen molar-refractivity contribution in [2.75, 3.05) is 23.7 Å². The third kappa shape index (κ3) is 3.04. The van der Waals surface area contributed by atoms with Crippen molar-refractivity contribution in [3.05, 3.63) is 22.2 Å². The molecule has 4 heteroatoms. The fourth-order valence-electron chi connectivity index (χ4n) is 2.74. The number of piperidine rings is 1. The van der Waals surface area contributed by atoms with Crippen molar-refractivity contribution in [3.8, 4) is 0 Å². The third-order valence-corrected chi connectivity index (χ3v) is 4.24. The van der Waals surface area contributed by atoms with E-state index < -0.39 is 0 Å². The molecular formula is C14H20Cl2N2. The van der Waals surface area contributed by atoms with E-state index in [9.17, 15) is 0 Å². The Labute approximate surface area is 119 Å². The molecule has 18 heavy (non-hydrogen) atoms. The molecule has 0 aliphatic carbocycles. The van der Waals surface area contributed by atoms with Crippen LogP contribution in [0.5, 0.6) is 0 Å². The van der Waals surface area contributed by atoms with Gasteiger partial charge in [0.1, 0.15) is 0 Å². The van der Waals surface area contributed by atoms with Crippen LogP contribution in [-0.2, 0) is 0 Å².